The summed E-state index contributed by atoms with van der Waals surface area (Å²) in [5.74, 6) is -0.587. The van der Waals surface area contributed by atoms with Crippen LogP contribution < -0.4 is 16.5 Å². The van der Waals surface area contributed by atoms with Crippen LogP contribution >= 0.6 is 0 Å². The number of rotatable bonds is 3. The molecule has 0 radical (unpaired) electrons. The molecule has 0 aliphatic carbocycles. The number of aryl methyl sites for hydroxylation is 1. The van der Waals surface area contributed by atoms with E-state index in [4.69, 9.17) is 14.2 Å². The van der Waals surface area contributed by atoms with Crippen LogP contribution in [0.4, 0.5) is 11.4 Å². The van der Waals surface area contributed by atoms with Crippen molar-refractivity contribution in [1.29, 1.82) is 5.41 Å². The average Bonchev–Trinajstić information content (AvgIpc) is 2.67. The zero-order valence-electron chi connectivity index (χ0n) is 15.0. The van der Waals surface area contributed by atoms with Crippen molar-refractivity contribution < 1.29 is 18.6 Å². The van der Waals surface area contributed by atoms with Crippen molar-refractivity contribution in [3.05, 3.63) is 85.9 Å². The number of benzene rings is 2. The third-order valence-electron chi connectivity index (χ3n) is 4.44. The number of carbonyl (C=O) groups excluding carboxylic acids is 1. The van der Waals surface area contributed by atoms with Crippen molar-refractivity contribution >= 4 is 39.0 Å². The van der Waals surface area contributed by atoms with Crippen molar-refractivity contribution in [2.45, 2.75) is 6.92 Å². The topological polar surface area (TPSA) is 139 Å². The molecule has 1 amide bonds. The molecule has 0 saturated heterocycles. The molecule has 0 spiro atoms. The minimum atomic E-state index is -0.736. The maximum Gasteiger partial charge on any atom is 0.347 e. The molecule has 0 bridgehead atoms. The van der Waals surface area contributed by atoms with Gasteiger partial charge in [0.2, 0.25) is 5.55 Å². The fraction of sp³-hybridized carbons (Fsp3) is 0.0500. The molecule has 0 aliphatic heterocycles. The summed E-state index contributed by atoms with van der Waals surface area (Å²) >= 11 is 0. The number of nitro benzene ring substituents is 1. The lowest BCUT2D eigenvalue weighted by atomic mass is 10.0. The fourth-order valence-electron chi connectivity index (χ4n) is 3.21. The summed E-state index contributed by atoms with van der Waals surface area (Å²) in [7, 11) is 0. The molecule has 0 aliphatic rings. The molecule has 0 unspecified atom stereocenters. The van der Waals surface area contributed by atoms with Crippen LogP contribution in [-0.2, 0) is 0 Å². The Morgan fingerprint density at radius 3 is 2.62 bits per heavy atom. The summed E-state index contributed by atoms with van der Waals surface area (Å²) in [5.41, 5.74) is -1.05. The van der Waals surface area contributed by atoms with Gasteiger partial charge in [-0.15, -0.1) is 0 Å². The summed E-state index contributed by atoms with van der Waals surface area (Å²) in [6.07, 6.45) is 0. The van der Waals surface area contributed by atoms with Gasteiger partial charge in [0.25, 0.3) is 11.6 Å². The molecule has 0 atom stereocenters. The zero-order valence-corrected chi connectivity index (χ0v) is 15.0. The Morgan fingerprint density at radius 1 is 1.10 bits per heavy atom. The Balaban J connectivity index is 1.97. The molecule has 144 valence electrons. The summed E-state index contributed by atoms with van der Waals surface area (Å²) in [6, 6.07) is 12.0. The second-order valence-electron chi connectivity index (χ2n) is 6.26. The Hall–Kier alpha value is -4.27. The van der Waals surface area contributed by atoms with E-state index in [1.54, 1.807) is 24.3 Å². The predicted octanol–water partition coefficient (Wildman–Crippen LogP) is 3.49. The van der Waals surface area contributed by atoms with Crippen LogP contribution in [0.25, 0.3) is 21.7 Å². The number of hydrogen-bond donors (Lipinski definition) is 2. The van der Waals surface area contributed by atoms with E-state index in [1.165, 1.54) is 31.2 Å². The molecule has 2 aromatic carbocycles. The highest BCUT2D eigenvalue weighted by Gasteiger charge is 2.22. The lowest BCUT2D eigenvalue weighted by Gasteiger charge is -2.11. The molecular formula is C20H13N3O6. The van der Waals surface area contributed by atoms with E-state index >= 15 is 0 Å². The Morgan fingerprint density at radius 2 is 1.86 bits per heavy atom. The van der Waals surface area contributed by atoms with Crippen molar-refractivity contribution in [3.63, 3.8) is 0 Å². The van der Waals surface area contributed by atoms with E-state index < -0.39 is 22.0 Å². The minimum absolute atomic E-state index is 0.0592. The molecule has 4 rings (SSSR count). The summed E-state index contributed by atoms with van der Waals surface area (Å²) in [4.78, 5) is 35.9. The summed E-state index contributed by atoms with van der Waals surface area (Å²) in [5, 5.41) is 22.4. The SMILES string of the molecule is Cc1oc(=N)c(C(=O)Nc2cccc([N+](=O)[O-])c2)c2c1c(=O)oc1ccccc12. The second kappa shape index (κ2) is 6.71. The van der Waals surface area contributed by atoms with E-state index in [2.05, 4.69) is 5.32 Å². The van der Waals surface area contributed by atoms with Crippen molar-refractivity contribution in [1.82, 2.24) is 0 Å². The van der Waals surface area contributed by atoms with Gasteiger partial charge in [-0.25, -0.2) is 4.79 Å². The number of non-ortho nitro benzene ring substituents is 1. The number of para-hydroxylation sites is 1. The number of hydrogen-bond acceptors (Lipinski definition) is 7. The highest BCUT2D eigenvalue weighted by Crippen LogP contribution is 2.27. The van der Waals surface area contributed by atoms with Gasteiger partial charge >= 0.3 is 5.63 Å². The highest BCUT2D eigenvalue weighted by molar-refractivity contribution is 6.19. The molecule has 9 heteroatoms. The molecule has 2 N–H and O–H groups in total. The first kappa shape index (κ1) is 18.1. The van der Waals surface area contributed by atoms with Crippen LogP contribution in [0.2, 0.25) is 0 Å². The van der Waals surface area contributed by atoms with Gasteiger partial charge in [0.1, 0.15) is 22.3 Å². The van der Waals surface area contributed by atoms with E-state index in [-0.39, 0.29) is 39.1 Å². The van der Waals surface area contributed by atoms with Crippen LogP contribution in [0.1, 0.15) is 16.1 Å². The third-order valence-corrected chi connectivity index (χ3v) is 4.44. The lowest BCUT2D eigenvalue weighted by molar-refractivity contribution is -0.384. The molecule has 9 nitrogen and oxygen atoms in total. The number of fused-ring (bicyclic) bond motifs is 3. The number of nitrogens with one attached hydrogen (secondary N) is 2. The van der Waals surface area contributed by atoms with Gasteiger partial charge in [0.05, 0.1) is 4.92 Å². The zero-order chi connectivity index (χ0) is 20.7. The number of anilines is 1. The standard InChI is InChI=1S/C20H13N3O6/c1-10-15-16(13-7-2-3-8-14(13)29-20(15)25)17(18(21)28-10)19(24)22-11-5-4-6-12(9-11)23(26)27/h2-9,21H,1H3,(H,22,24). The Bertz CT molecular complexity index is 1430. The van der Waals surface area contributed by atoms with E-state index in [0.29, 0.717) is 5.39 Å². The molecule has 2 heterocycles. The number of carbonyl (C=O) groups is 1. The van der Waals surface area contributed by atoms with Crippen LogP contribution in [-0.4, -0.2) is 10.8 Å². The van der Waals surface area contributed by atoms with Crippen LogP contribution in [0.15, 0.2) is 62.2 Å². The second-order valence-corrected chi connectivity index (χ2v) is 6.26. The first-order valence-electron chi connectivity index (χ1n) is 8.46. The van der Waals surface area contributed by atoms with Crippen molar-refractivity contribution in [3.8, 4) is 0 Å². The largest absolute Gasteiger partial charge is 0.442 e. The smallest absolute Gasteiger partial charge is 0.347 e. The molecule has 2 aromatic heterocycles. The van der Waals surface area contributed by atoms with Gasteiger partial charge in [-0.3, -0.25) is 20.3 Å². The monoisotopic (exact) mass is 391 g/mol. The van der Waals surface area contributed by atoms with Gasteiger partial charge in [0, 0.05) is 28.6 Å². The molecule has 4 aromatic rings. The fourth-order valence-corrected chi connectivity index (χ4v) is 3.21. The van der Waals surface area contributed by atoms with Crippen LogP contribution in [0, 0.1) is 22.4 Å². The molecule has 29 heavy (non-hydrogen) atoms. The summed E-state index contributed by atoms with van der Waals surface area (Å²) < 4.78 is 10.6. The third kappa shape index (κ3) is 3.04. The quantitative estimate of drug-likeness (QED) is 0.237. The van der Waals surface area contributed by atoms with Gasteiger partial charge in [0.15, 0.2) is 0 Å². The first-order valence-corrected chi connectivity index (χ1v) is 8.46. The molecule has 0 fully saturated rings. The van der Waals surface area contributed by atoms with E-state index in [1.807, 2.05) is 0 Å². The van der Waals surface area contributed by atoms with E-state index in [9.17, 15) is 19.7 Å². The highest BCUT2D eigenvalue weighted by atomic mass is 16.6. The minimum Gasteiger partial charge on any atom is -0.442 e. The molecular weight excluding hydrogens is 378 g/mol. The number of nitrogens with zero attached hydrogens (tertiary/aromatic N) is 1. The lowest BCUT2D eigenvalue weighted by Crippen LogP contribution is -2.23. The number of nitro groups is 1. The van der Waals surface area contributed by atoms with Gasteiger partial charge in [-0.1, -0.05) is 24.3 Å². The van der Waals surface area contributed by atoms with Crippen LogP contribution in [0.3, 0.4) is 0 Å². The van der Waals surface area contributed by atoms with E-state index in [0.717, 1.165) is 0 Å². The normalized spacial score (nSPS) is 10.9. The van der Waals surface area contributed by atoms with Crippen LogP contribution in [0.5, 0.6) is 0 Å². The van der Waals surface area contributed by atoms with Gasteiger partial charge in [-0.2, -0.15) is 0 Å². The predicted molar refractivity (Wildman–Crippen MR) is 104 cm³/mol. The van der Waals surface area contributed by atoms with Gasteiger partial charge in [-0.05, 0) is 19.1 Å². The maximum atomic E-state index is 13.0. The van der Waals surface area contributed by atoms with Gasteiger partial charge < -0.3 is 14.2 Å². The molecule has 0 saturated carbocycles. The Kier molecular flexibility index (Phi) is 4.19. The maximum absolute atomic E-state index is 13.0. The average molecular weight is 391 g/mol. The van der Waals surface area contributed by atoms with Crippen molar-refractivity contribution in [2.75, 3.05) is 5.32 Å². The number of amides is 1. The first-order chi connectivity index (χ1) is 13.9. The van der Waals surface area contributed by atoms with Crippen molar-refractivity contribution in [2.24, 2.45) is 0 Å². The summed E-state index contributed by atoms with van der Waals surface area (Å²) in [6.45, 7) is 1.51. The Labute approximate surface area is 161 Å².